The first-order valence-corrected chi connectivity index (χ1v) is 5.39. The molecule has 2 rings (SSSR count). The second kappa shape index (κ2) is 4.75. The van der Waals surface area contributed by atoms with Gasteiger partial charge in [0.25, 0.3) is 0 Å². The molecule has 0 saturated carbocycles. The van der Waals surface area contributed by atoms with E-state index in [4.69, 9.17) is 15.2 Å². The number of halogens is 2. The van der Waals surface area contributed by atoms with E-state index in [9.17, 15) is 8.78 Å². The van der Waals surface area contributed by atoms with Crippen LogP contribution in [0.4, 0.5) is 14.6 Å². The number of aryl methyl sites for hydroxylation is 1. The lowest BCUT2D eigenvalue weighted by atomic mass is 10.1. The van der Waals surface area contributed by atoms with E-state index in [1.807, 2.05) is 0 Å². The Hall–Kier alpha value is -2.31. The van der Waals surface area contributed by atoms with E-state index >= 15 is 0 Å². The third kappa shape index (κ3) is 2.07. The largest absolute Gasteiger partial charge is 0.493 e. The van der Waals surface area contributed by atoms with Gasteiger partial charge >= 0.3 is 0 Å². The van der Waals surface area contributed by atoms with Gasteiger partial charge in [-0.25, -0.2) is 8.78 Å². The number of hydrogen-bond acceptors (Lipinski definition) is 4. The minimum atomic E-state index is -1.06. The fourth-order valence-corrected chi connectivity index (χ4v) is 1.77. The molecular weight excluding hydrogens is 256 g/mol. The molecule has 0 spiro atoms. The van der Waals surface area contributed by atoms with Crippen molar-refractivity contribution in [2.45, 2.75) is 0 Å². The zero-order valence-electron chi connectivity index (χ0n) is 10.7. The SMILES string of the molecule is COc1cc(F)c(F)c(-c2cc(N)n(C)n2)c1OC. The van der Waals surface area contributed by atoms with Crippen LogP contribution in [-0.2, 0) is 7.05 Å². The van der Waals surface area contributed by atoms with E-state index in [1.165, 1.54) is 25.0 Å². The number of anilines is 1. The summed E-state index contributed by atoms with van der Waals surface area (Å²) in [5, 5.41) is 4.02. The van der Waals surface area contributed by atoms with Crippen molar-refractivity contribution in [1.29, 1.82) is 0 Å². The second-order valence-corrected chi connectivity index (χ2v) is 3.86. The van der Waals surface area contributed by atoms with Gasteiger partial charge in [-0.05, 0) is 0 Å². The van der Waals surface area contributed by atoms with Gasteiger partial charge in [-0.3, -0.25) is 4.68 Å². The second-order valence-electron chi connectivity index (χ2n) is 3.86. The summed E-state index contributed by atoms with van der Waals surface area (Å²) in [6.45, 7) is 0. The van der Waals surface area contributed by atoms with Crippen LogP contribution in [0.15, 0.2) is 12.1 Å². The number of nitrogens with zero attached hydrogens (tertiary/aromatic N) is 2. The maximum absolute atomic E-state index is 14.0. The molecule has 1 aromatic carbocycles. The molecule has 2 N–H and O–H groups in total. The molecule has 0 aliphatic rings. The lowest BCUT2D eigenvalue weighted by Gasteiger charge is -2.12. The molecule has 0 radical (unpaired) electrons. The smallest absolute Gasteiger partial charge is 0.173 e. The summed E-state index contributed by atoms with van der Waals surface area (Å²) in [7, 11) is 4.27. The van der Waals surface area contributed by atoms with Gasteiger partial charge in [-0.2, -0.15) is 5.10 Å². The fraction of sp³-hybridized carbons (Fsp3) is 0.250. The minimum Gasteiger partial charge on any atom is -0.493 e. The highest BCUT2D eigenvalue weighted by atomic mass is 19.2. The Morgan fingerprint density at radius 1 is 1.21 bits per heavy atom. The molecule has 5 nitrogen and oxygen atoms in total. The van der Waals surface area contributed by atoms with Gasteiger partial charge in [0.1, 0.15) is 11.5 Å². The summed E-state index contributed by atoms with van der Waals surface area (Å²) >= 11 is 0. The van der Waals surface area contributed by atoms with Crippen molar-refractivity contribution >= 4 is 5.82 Å². The Balaban J connectivity index is 2.76. The Kier molecular flexibility index (Phi) is 3.28. The molecular formula is C12H13F2N3O2. The van der Waals surface area contributed by atoms with Crippen LogP contribution in [0.1, 0.15) is 0 Å². The molecule has 7 heteroatoms. The van der Waals surface area contributed by atoms with Crippen molar-refractivity contribution in [3.63, 3.8) is 0 Å². The van der Waals surface area contributed by atoms with E-state index in [0.29, 0.717) is 5.82 Å². The first-order valence-electron chi connectivity index (χ1n) is 5.39. The molecule has 1 aromatic heterocycles. The van der Waals surface area contributed by atoms with E-state index in [-0.39, 0.29) is 22.8 Å². The van der Waals surface area contributed by atoms with Crippen molar-refractivity contribution in [1.82, 2.24) is 9.78 Å². The molecule has 102 valence electrons. The number of ether oxygens (including phenoxy) is 2. The summed E-state index contributed by atoms with van der Waals surface area (Å²) in [4.78, 5) is 0. The van der Waals surface area contributed by atoms with Crippen LogP contribution in [0.5, 0.6) is 11.5 Å². The number of nitrogens with two attached hydrogens (primary N) is 1. The van der Waals surface area contributed by atoms with Crippen molar-refractivity contribution in [3.05, 3.63) is 23.8 Å². The Morgan fingerprint density at radius 2 is 1.89 bits per heavy atom. The third-order valence-electron chi connectivity index (χ3n) is 2.73. The summed E-state index contributed by atoms with van der Waals surface area (Å²) in [6, 6.07) is 2.35. The van der Waals surface area contributed by atoms with Gasteiger partial charge in [-0.1, -0.05) is 0 Å². The van der Waals surface area contributed by atoms with Crippen molar-refractivity contribution in [2.75, 3.05) is 20.0 Å². The monoisotopic (exact) mass is 269 g/mol. The van der Waals surface area contributed by atoms with E-state index in [2.05, 4.69) is 5.10 Å². The predicted molar refractivity (Wildman–Crippen MR) is 66.1 cm³/mol. The highest BCUT2D eigenvalue weighted by Crippen LogP contribution is 2.41. The number of nitrogen functional groups attached to an aromatic ring is 1. The van der Waals surface area contributed by atoms with Gasteiger partial charge in [0.05, 0.1) is 19.8 Å². The Morgan fingerprint density at radius 3 is 2.37 bits per heavy atom. The van der Waals surface area contributed by atoms with E-state index in [1.54, 1.807) is 7.05 Å². The number of hydrogen-bond donors (Lipinski definition) is 1. The first kappa shape index (κ1) is 13.1. The molecule has 0 unspecified atom stereocenters. The average Bonchev–Trinajstić information content (AvgIpc) is 2.71. The molecule has 0 saturated heterocycles. The van der Waals surface area contributed by atoms with Crippen LogP contribution in [0.2, 0.25) is 0 Å². The average molecular weight is 269 g/mol. The van der Waals surface area contributed by atoms with Gasteiger partial charge in [0.2, 0.25) is 0 Å². The zero-order valence-corrected chi connectivity index (χ0v) is 10.7. The molecule has 19 heavy (non-hydrogen) atoms. The molecule has 1 heterocycles. The normalized spacial score (nSPS) is 10.6. The minimum absolute atomic E-state index is 0.0690. The summed E-state index contributed by atoms with van der Waals surface area (Å²) in [5.41, 5.74) is 5.69. The summed E-state index contributed by atoms with van der Waals surface area (Å²) in [6.07, 6.45) is 0. The molecule has 0 bridgehead atoms. The molecule has 0 fully saturated rings. The van der Waals surface area contributed by atoms with Crippen LogP contribution in [-0.4, -0.2) is 24.0 Å². The molecule has 2 aromatic rings. The zero-order chi connectivity index (χ0) is 14.2. The summed E-state index contributed by atoms with van der Waals surface area (Å²) < 4.78 is 39.0. The Labute approximate surface area is 108 Å². The van der Waals surface area contributed by atoms with Crippen LogP contribution in [0.3, 0.4) is 0 Å². The number of benzene rings is 1. The molecule has 0 amide bonds. The van der Waals surface area contributed by atoms with Crippen molar-refractivity contribution in [2.24, 2.45) is 7.05 Å². The van der Waals surface area contributed by atoms with Gasteiger partial charge in [0, 0.05) is 19.2 Å². The lowest BCUT2D eigenvalue weighted by Crippen LogP contribution is -2.00. The fourth-order valence-electron chi connectivity index (χ4n) is 1.77. The number of methoxy groups -OCH3 is 2. The van der Waals surface area contributed by atoms with E-state index in [0.717, 1.165) is 6.07 Å². The predicted octanol–water partition coefficient (Wildman–Crippen LogP) is 1.96. The summed E-state index contributed by atoms with van der Waals surface area (Å²) in [5.74, 6) is -1.63. The molecule has 0 aliphatic heterocycles. The Bertz CT molecular complexity index is 606. The van der Waals surface area contributed by atoms with Crippen molar-refractivity contribution in [3.8, 4) is 22.8 Å². The number of rotatable bonds is 3. The highest BCUT2D eigenvalue weighted by molar-refractivity contribution is 5.73. The van der Waals surface area contributed by atoms with Crippen LogP contribution in [0.25, 0.3) is 11.3 Å². The van der Waals surface area contributed by atoms with Crippen LogP contribution >= 0.6 is 0 Å². The lowest BCUT2D eigenvalue weighted by molar-refractivity contribution is 0.348. The van der Waals surface area contributed by atoms with E-state index < -0.39 is 11.6 Å². The van der Waals surface area contributed by atoms with Gasteiger partial charge < -0.3 is 15.2 Å². The van der Waals surface area contributed by atoms with Gasteiger partial charge in [-0.15, -0.1) is 0 Å². The van der Waals surface area contributed by atoms with Crippen LogP contribution in [0, 0.1) is 11.6 Å². The quantitative estimate of drug-likeness (QED) is 0.925. The molecule has 0 atom stereocenters. The number of aromatic nitrogens is 2. The molecule has 0 aliphatic carbocycles. The maximum atomic E-state index is 14.0. The standard InChI is InChI=1S/C12H13F2N3O2/c1-17-9(15)5-7(16-17)10-11(14)6(13)4-8(18-2)12(10)19-3/h4-5H,15H2,1-3H3. The van der Waals surface area contributed by atoms with Crippen molar-refractivity contribution < 1.29 is 18.3 Å². The van der Waals surface area contributed by atoms with Gasteiger partial charge in [0.15, 0.2) is 23.1 Å². The first-order chi connectivity index (χ1) is 8.99. The van der Waals surface area contributed by atoms with Crippen LogP contribution < -0.4 is 15.2 Å². The third-order valence-corrected chi connectivity index (χ3v) is 2.73. The maximum Gasteiger partial charge on any atom is 0.173 e. The topological polar surface area (TPSA) is 62.3 Å². The highest BCUT2D eigenvalue weighted by Gasteiger charge is 2.23.